The first kappa shape index (κ1) is 12.7. The van der Waals surface area contributed by atoms with Gasteiger partial charge in [-0.1, -0.05) is 23.2 Å². The molecule has 1 fully saturated rings. The first-order valence-corrected chi connectivity index (χ1v) is 7.00. The molecule has 1 saturated heterocycles. The highest BCUT2D eigenvalue weighted by Crippen LogP contribution is 2.32. The molecule has 0 aliphatic carbocycles. The molecule has 1 aromatic rings. The Morgan fingerprint density at radius 3 is 2.94 bits per heavy atom. The van der Waals surface area contributed by atoms with E-state index in [-0.39, 0.29) is 0 Å². The van der Waals surface area contributed by atoms with E-state index in [4.69, 9.17) is 27.9 Å². The minimum absolute atomic E-state index is 0.429. The normalized spacial score (nSPS) is 25.9. The fraction of sp³-hybridized carbons (Fsp3) is 0.636. The summed E-state index contributed by atoms with van der Waals surface area (Å²) in [7, 11) is 0. The van der Waals surface area contributed by atoms with E-state index < -0.39 is 0 Å². The zero-order valence-electron chi connectivity index (χ0n) is 9.13. The molecule has 2 nitrogen and oxygen atoms in total. The number of nitrogens with one attached hydrogen (secondary N) is 1. The van der Waals surface area contributed by atoms with Crippen LogP contribution in [-0.4, -0.2) is 25.3 Å². The average Bonchev–Trinajstić information content (AvgIpc) is 2.54. The topological polar surface area (TPSA) is 21.3 Å². The van der Waals surface area contributed by atoms with Crippen molar-refractivity contribution in [3.63, 3.8) is 0 Å². The van der Waals surface area contributed by atoms with Crippen LogP contribution in [0.3, 0.4) is 0 Å². The minimum atomic E-state index is 0.429. The van der Waals surface area contributed by atoms with Crippen LogP contribution in [0.4, 0.5) is 0 Å². The molecule has 90 valence electrons. The van der Waals surface area contributed by atoms with Crippen molar-refractivity contribution in [3.8, 4) is 0 Å². The molecule has 0 saturated carbocycles. The molecule has 0 radical (unpaired) electrons. The van der Waals surface area contributed by atoms with Crippen molar-refractivity contribution < 1.29 is 4.74 Å². The number of aryl methyl sites for hydroxylation is 1. The van der Waals surface area contributed by atoms with Crippen molar-refractivity contribution in [3.05, 3.63) is 20.3 Å². The van der Waals surface area contributed by atoms with Gasteiger partial charge in [0.2, 0.25) is 0 Å². The standard InChI is InChI=1S/C11H15Cl2NOS/c1-7-5-15-6-9(14-7)3-2-8-4-10(12)16-11(8)13/h4,7,9,14H,2-3,5-6H2,1H3. The number of rotatable bonds is 3. The number of ether oxygens (including phenoxy) is 1. The molecule has 2 heterocycles. The lowest BCUT2D eigenvalue weighted by Gasteiger charge is -2.28. The fourth-order valence-electron chi connectivity index (χ4n) is 1.93. The number of hydrogen-bond donors (Lipinski definition) is 1. The summed E-state index contributed by atoms with van der Waals surface area (Å²) in [5, 5.41) is 3.52. The molecular weight excluding hydrogens is 265 g/mol. The second-order valence-electron chi connectivity index (χ2n) is 4.19. The van der Waals surface area contributed by atoms with Gasteiger partial charge in [-0.3, -0.25) is 0 Å². The zero-order valence-corrected chi connectivity index (χ0v) is 11.5. The van der Waals surface area contributed by atoms with Crippen LogP contribution in [0.25, 0.3) is 0 Å². The Hall–Kier alpha value is 0.200. The highest BCUT2D eigenvalue weighted by molar-refractivity contribution is 7.20. The maximum absolute atomic E-state index is 6.07. The van der Waals surface area contributed by atoms with E-state index in [0.29, 0.717) is 12.1 Å². The molecule has 2 unspecified atom stereocenters. The van der Waals surface area contributed by atoms with Crippen molar-refractivity contribution in [1.82, 2.24) is 5.32 Å². The van der Waals surface area contributed by atoms with Gasteiger partial charge >= 0.3 is 0 Å². The Bertz CT molecular complexity index is 356. The molecule has 5 heteroatoms. The van der Waals surface area contributed by atoms with Crippen molar-refractivity contribution >= 4 is 34.5 Å². The SMILES string of the molecule is CC1COCC(CCc2cc(Cl)sc2Cl)N1. The van der Waals surface area contributed by atoms with E-state index in [2.05, 4.69) is 12.2 Å². The molecule has 0 aromatic carbocycles. The molecule has 1 aliphatic rings. The van der Waals surface area contributed by atoms with Gasteiger partial charge in [0.05, 0.1) is 21.9 Å². The highest BCUT2D eigenvalue weighted by Gasteiger charge is 2.18. The number of morpholine rings is 1. The molecule has 0 amide bonds. The maximum atomic E-state index is 6.07. The van der Waals surface area contributed by atoms with Gasteiger partial charge in [0.15, 0.2) is 0 Å². The molecule has 2 rings (SSSR count). The Labute approximate surface area is 110 Å². The van der Waals surface area contributed by atoms with E-state index in [1.165, 1.54) is 11.3 Å². The second kappa shape index (κ2) is 5.69. The second-order valence-corrected chi connectivity index (χ2v) is 6.48. The van der Waals surface area contributed by atoms with Crippen LogP contribution in [0.1, 0.15) is 18.9 Å². The Balaban J connectivity index is 1.85. The van der Waals surface area contributed by atoms with E-state index in [1.54, 1.807) is 0 Å². The summed E-state index contributed by atoms with van der Waals surface area (Å²) >= 11 is 13.4. The lowest BCUT2D eigenvalue weighted by molar-refractivity contribution is 0.0483. The number of thiophene rings is 1. The van der Waals surface area contributed by atoms with Crippen LogP contribution >= 0.6 is 34.5 Å². The van der Waals surface area contributed by atoms with Crippen LogP contribution < -0.4 is 5.32 Å². The summed E-state index contributed by atoms with van der Waals surface area (Å²) in [5.74, 6) is 0. The largest absolute Gasteiger partial charge is 0.378 e. The van der Waals surface area contributed by atoms with Gasteiger partial charge in [-0.15, -0.1) is 11.3 Å². The van der Waals surface area contributed by atoms with Gasteiger partial charge in [-0.05, 0) is 31.4 Å². The minimum Gasteiger partial charge on any atom is -0.378 e. The third-order valence-corrected chi connectivity index (χ3v) is 4.27. The highest BCUT2D eigenvalue weighted by atomic mass is 35.5. The zero-order chi connectivity index (χ0) is 11.5. The van der Waals surface area contributed by atoms with E-state index >= 15 is 0 Å². The first-order valence-electron chi connectivity index (χ1n) is 5.42. The summed E-state index contributed by atoms with van der Waals surface area (Å²) in [5.41, 5.74) is 1.15. The average molecular weight is 280 g/mol. The number of hydrogen-bond acceptors (Lipinski definition) is 3. The quantitative estimate of drug-likeness (QED) is 0.916. The monoisotopic (exact) mass is 279 g/mol. The van der Waals surface area contributed by atoms with E-state index in [1.807, 2.05) is 6.07 Å². The summed E-state index contributed by atoms with van der Waals surface area (Å²) in [6.07, 6.45) is 1.99. The van der Waals surface area contributed by atoms with Gasteiger partial charge < -0.3 is 10.1 Å². The summed E-state index contributed by atoms with van der Waals surface area (Å²) in [6, 6.07) is 2.83. The van der Waals surface area contributed by atoms with Crippen LogP contribution in [0.2, 0.25) is 8.67 Å². The molecule has 0 bridgehead atoms. The lowest BCUT2D eigenvalue weighted by atomic mass is 10.1. The molecule has 0 spiro atoms. The van der Waals surface area contributed by atoms with Crippen LogP contribution in [-0.2, 0) is 11.2 Å². The molecule has 1 N–H and O–H groups in total. The third kappa shape index (κ3) is 3.34. The van der Waals surface area contributed by atoms with Gasteiger partial charge in [0, 0.05) is 12.1 Å². The van der Waals surface area contributed by atoms with Crippen LogP contribution in [0.15, 0.2) is 6.07 Å². The third-order valence-electron chi connectivity index (χ3n) is 2.70. The van der Waals surface area contributed by atoms with Gasteiger partial charge in [0.25, 0.3) is 0 Å². The van der Waals surface area contributed by atoms with E-state index in [0.717, 1.165) is 40.3 Å². The Morgan fingerprint density at radius 1 is 1.50 bits per heavy atom. The molecule has 2 atom stereocenters. The molecule has 1 aromatic heterocycles. The molecule has 1 aliphatic heterocycles. The smallest absolute Gasteiger partial charge is 0.0976 e. The summed E-state index contributed by atoms with van der Waals surface area (Å²) in [4.78, 5) is 0. The van der Waals surface area contributed by atoms with Crippen molar-refractivity contribution in [1.29, 1.82) is 0 Å². The predicted octanol–water partition coefficient (Wildman–Crippen LogP) is 3.36. The fourth-order valence-corrected chi connectivity index (χ4v) is 3.47. The van der Waals surface area contributed by atoms with E-state index in [9.17, 15) is 0 Å². The van der Waals surface area contributed by atoms with Crippen molar-refractivity contribution in [2.45, 2.75) is 31.8 Å². The van der Waals surface area contributed by atoms with Crippen molar-refractivity contribution in [2.24, 2.45) is 0 Å². The first-order chi connectivity index (χ1) is 7.65. The Morgan fingerprint density at radius 2 is 2.31 bits per heavy atom. The van der Waals surface area contributed by atoms with Crippen LogP contribution in [0.5, 0.6) is 0 Å². The Kier molecular flexibility index (Phi) is 4.50. The van der Waals surface area contributed by atoms with Gasteiger partial charge in [0.1, 0.15) is 0 Å². The predicted molar refractivity (Wildman–Crippen MR) is 69.9 cm³/mol. The molecular formula is C11H15Cl2NOS. The van der Waals surface area contributed by atoms with Crippen LogP contribution in [0, 0.1) is 0 Å². The van der Waals surface area contributed by atoms with Gasteiger partial charge in [-0.2, -0.15) is 0 Å². The summed E-state index contributed by atoms with van der Waals surface area (Å²) < 4.78 is 7.08. The number of halogens is 2. The summed E-state index contributed by atoms with van der Waals surface area (Å²) in [6.45, 7) is 3.74. The molecule has 16 heavy (non-hydrogen) atoms. The maximum Gasteiger partial charge on any atom is 0.0976 e. The van der Waals surface area contributed by atoms with Crippen molar-refractivity contribution in [2.75, 3.05) is 13.2 Å². The lowest BCUT2D eigenvalue weighted by Crippen LogP contribution is -2.47. The van der Waals surface area contributed by atoms with Gasteiger partial charge in [-0.25, -0.2) is 0 Å².